The lowest BCUT2D eigenvalue weighted by Gasteiger charge is -2.05. The summed E-state index contributed by atoms with van der Waals surface area (Å²) < 4.78 is 0. The van der Waals surface area contributed by atoms with Crippen LogP contribution in [-0.4, -0.2) is 16.2 Å². The van der Waals surface area contributed by atoms with Crippen molar-refractivity contribution in [3.63, 3.8) is 0 Å². The number of aromatic hydroxyl groups is 1. The number of rotatable bonds is 3. The van der Waals surface area contributed by atoms with E-state index in [1.807, 2.05) is 6.92 Å². The normalized spacial score (nSPS) is 11.0. The Hall–Kier alpha value is -2.40. The van der Waals surface area contributed by atoms with Gasteiger partial charge in [-0.15, -0.1) is 0 Å². The number of phenols is 1. The summed E-state index contributed by atoms with van der Waals surface area (Å²) in [5.74, 6) is -1.48. The molecule has 0 saturated carbocycles. The van der Waals surface area contributed by atoms with Crippen LogP contribution in [0.25, 0.3) is 0 Å². The van der Waals surface area contributed by atoms with E-state index in [1.54, 1.807) is 31.2 Å². The summed E-state index contributed by atoms with van der Waals surface area (Å²) in [6.07, 6.45) is 0. The van der Waals surface area contributed by atoms with Crippen LogP contribution in [0.15, 0.2) is 40.6 Å². The number of hydrogen-bond acceptors (Lipinski definition) is 4. The Morgan fingerprint density at radius 3 is 2.57 bits per heavy atom. The van der Waals surface area contributed by atoms with Gasteiger partial charge in [-0.1, -0.05) is 17.7 Å². The molecule has 0 aliphatic heterocycles. The molecule has 0 unspecified atom stereocenters. The number of carbonyl (C=O) groups is 1. The van der Waals surface area contributed by atoms with Gasteiger partial charge >= 0.3 is 5.97 Å². The predicted octanol–water partition coefficient (Wildman–Crippen LogP) is 4.78. The van der Waals surface area contributed by atoms with Crippen LogP contribution in [0.4, 0.5) is 11.4 Å². The minimum absolute atomic E-state index is 0.202. The SMILES string of the molecule is Cc1cc(N=Nc2cccc(Cl)c2C)cc(C(=O)O)c1O. The maximum Gasteiger partial charge on any atom is 0.339 e. The van der Waals surface area contributed by atoms with E-state index in [2.05, 4.69) is 10.2 Å². The van der Waals surface area contributed by atoms with Gasteiger partial charge in [0.05, 0.1) is 11.4 Å². The quantitative estimate of drug-likeness (QED) is 0.801. The fourth-order valence-corrected chi connectivity index (χ4v) is 1.97. The number of hydrogen-bond donors (Lipinski definition) is 2. The van der Waals surface area contributed by atoms with Gasteiger partial charge in [0.1, 0.15) is 11.3 Å². The van der Waals surface area contributed by atoms with E-state index in [0.717, 1.165) is 5.56 Å². The summed E-state index contributed by atoms with van der Waals surface area (Å²) in [4.78, 5) is 11.0. The average molecular weight is 305 g/mol. The first-order valence-corrected chi connectivity index (χ1v) is 6.51. The number of azo groups is 1. The second-order valence-corrected chi connectivity index (χ2v) is 4.96. The molecule has 5 nitrogen and oxygen atoms in total. The molecule has 21 heavy (non-hydrogen) atoms. The third-order valence-corrected chi connectivity index (χ3v) is 3.44. The third-order valence-electron chi connectivity index (χ3n) is 3.03. The molecule has 0 aromatic heterocycles. The van der Waals surface area contributed by atoms with Gasteiger partial charge in [-0.05, 0) is 49.2 Å². The Kier molecular flexibility index (Phi) is 4.23. The Morgan fingerprint density at radius 2 is 1.90 bits per heavy atom. The van der Waals surface area contributed by atoms with E-state index in [0.29, 0.717) is 22.0 Å². The zero-order valence-electron chi connectivity index (χ0n) is 11.5. The fraction of sp³-hybridized carbons (Fsp3) is 0.133. The molecule has 0 aliphatic rings. The highest BCUT2D eigenvalue weighted by Crippen LogP contribution is 2.31. The van der Waals surface area contributed by atoms with Crippen molar-refractivity contribution in [1.29, 1.82) is 0 Å². The van der Waals surface area contributed by atoms with Crippen LogP contribution in [0, 0.1) is 13.8 Å². The van der Waals surface area contributed by atoms with Crippen molar-refractivity contribution in [1.82, 2.24) is 0 Å². The van der Waals surface area contributed by atoms with Gasteiger partial charge in [0.15, 0.2) is 0 Å². The highest BCUT2D eigenvalue weighted by atomic mass is 35.5. The standard InChI is InChI=1S/C15H13ClN2O3/c1-8-6-10(7-11(14(8)19)15(20)21)17-18-13-5-3-4-12(16)9(13)2/h3-7,19H,1-2H3,(H,20,21). The first kappa shape index (κ1) is 15.0. The molecular formula is C15H13ClN2O3. The molecule has 0 heterocycles. The van der Waals surface area contributed by atoms with Crippen LogP contribution in [0.3, 0.4) is 0 Å². The van der Waals surface area contributed by atoms with E-state index in [4.69, 9.17) is 16.7 Å². The first-order valence-electron chi connectivity index (χ1n) is 6.14. The molecule has 6 heteroatoms. The van der Waals surface area contributed by atoms with Crippen LogP contribution in [0.5, 0.6) is 5.75 Å². The van der Waals surface area contributed by atoms with Crippen LogP contribution < -0.4 is 0 Å². The Labute approximate surface area is 126 Å². The number of benzene rings is 2. The summed E-state index contributed by atoms with van der Waals surface area (Å²) in [6, 6.07) is 8.10. The maximum absolute atomic E-state index is 11.0. The molecule has 0 fully saturated rings. The second kappa shape index (κ2) is 5.93. The van der Waals surface area contributed by atoms with Gasteiger partial charge in [0.25, 0.3) is 0 Å². The third kappa shape index (κ3) is 3.20. The average Bonchev–Trinajstić information content (AvgIpc) is 2.43. The van der Waals surface area contributed by atoms with Gasteiger partial charge in [-0.25, -0.2) is 4.79 Å². The number of halogens is 1. The number of carboxylic acid groups (broad SMARTS) is 1. The summed E-state index contributed by atoms with van der Waals surface area (Å²) in [7, 11) is 0. The summed E-state index contributed by atoms with van der Waals surface area (Å²) in [5, 5.41) is 27.4. The van der Waals surface area contributed by atoms with Crippen LogP contribution in [0.2, 0.25) is 5.02 Å². The molecule has 0 amide bonds. The molecule has 2 N–H and O–H groups in total. The minimum Gasteiger partial charge on any atom is -0.507 e. The minimum atomic E-state index is -1.22. The van der Waals surface area contributed by atoms with Gasteiger partial charge < -0.3 is 10.2 Å². The first-order chi connectivity index (χ1) is 9.90. The zero-order valence-corrected chi connectivity index (χ0v) is 12.2. The molecule has 0 saturated heterocycles. The van der Waals surface area contributed by atoms with Crippen molar-refractivity contribution in [2.45, 2.75) is 13.8 Å². The largest absolute Gasteiger partial charge is 0.507 e. The zero-order chi connectivity index (χ0) is 15.6. The van der Waals surface area contributed by atoms with E-state index >= 15 is 0 Å². The van der Waals surface area contributed by atoms with Crippen molar-refractivity contribution < 1.29 is 15.0 Å². The van der Waals surface area contributed by atoms with Crippen molar-refractivity contribution in [2.75, 3.05) is 0 Å². The summed E-state index contributed by atoms with van der Waals surface area (Å²) in [6.45, 7) is 3.42. The molecule has 2 rings (SSSR count). The van der Waals surface area contributed by atoms with Crippen molar-refractivity contribution in [3.05, 3.63) is 52.0 Å². The Balaban J connectivity index is 2.42. The van der Waals surface area contributed by atoms with Crippen molar-refractivity contribution in [2.24, 2.45) is 10.2 Å². The summed E-state index contributed by atoms with van der Waals surface area (Å²) in [5.41, 5.74) is 1.96. The number of carboxylic acids is 1. The Bertz CT molecular complexity index is 742. The molecule has 0 aliphatic carbocycles. The predicted molar refractivity (Wildman–Crippen MR) is 80.2 cm³/mol. The molecule has 0 bridgehead atoms. The van der Waals surface area contributed by atoms with Gasteiger partial charge in [-0.3, -0.25) is 0 Å². The molecular weight excluding hydrogens is 292 g/mol. The summed E-state index contributed by atoms with van der Waals surface area (Å²) >= 11 is 6.00. The highest BCUT2D eigenvalue weighted by Gasteiger charge is 2.13. The molecule has 0 radical (unpaired) electrons. The van der Waals surface area contributed by atoms with Crippen molar-refractivity contribution >= 4 is 28.9 Å². The number of aromatic carboxylic acids is 1. The molecule has 2 aromatic carbocycles. The van der Waals surface area contributed by atoms with E-state index in [9.17, 15) is 9.90 Å². The van der Waals surface area contributed by atoms with Crippen LogP contribution >= 0.6 is 11.6 Å². The van der Waals surface area contributed by atoms with Crippen LogP contribution in [-0.2, 0) is 0 Å². The molecule has 0 atom stereocenters. The monoisotopic (exact) mass is 304 g/mol. The lowest BCUT2D eigenvalue weighted by atomic mass is 10.1. The van der Waals surface area contributed by atoms with Crippen molar-refractivity contribution in [3.8, 4) is 5.75 Å². The topological polar surface area (TPSA) is 82.2 Å². The lowest BCUT2D eigenvalue weighted by molar-refractivity contribution is 0.0693. The molecule has 108 valence electrons. The van der Waals surface area contributed by atoms with E-state index in [1.165, 1.54) is 6.07 Å². The maximum atomic E-state index is 11.0. The highest BCUT2D eigenvalue weighted by molar-refractivity contribution is 6.31. The number of aryl methyl sites for hydroxylation is 1. The lowest BCUT2D eigenvalue weighted by Crippen LogP contribution is -1.97. The van der Waals surface area contributed by atoms with Gasteiger partial charge in [0.2, 0.25) is 0 Å². The van der Waals surface area contributed by atoms with Gasteiger partial charge in [0, 0.05) is 5.02 Å². The van der Waals surface area contributed by atoms with Gasteiger partial charge in [-0.2, -0.15) is 10.2 Å². The molecule has 0 spiro atoms. The number of nitrogens with zero attached hydrogens (tertiary/aromatic N) is 2. The van der Waals surface area contributed by atoms with Crippen LogP contribution in [0.1, 0.15) is 21.5 Å². The second-order valence-electron chi connectivity index (χ2n) is 4.55. The molecule has 2 aromatic rings. The van der Waals surface area contributed by atoms with E-state index in [-0.39, 0.29) is 11.3 Å². The van der Waals surface area contributed by atoms with E-state index < -0.39 is 5.97 Å². The Morgan fingerprint density at radius 1 is 1.19 bits per heavy atom. The fourth-order valence-electron chi connectivity index (χ4n) is 1.80. The smallest absolute Gasteiger partial charge is 0.339 e.